The van der Waals surface area contributed by atoms with Crippen LogP contribution in [0.5, 0.6) is 0 Å². The fourth-order valence-corrected chi connectivity index (χ4v) is 1.69. The van der Waals surface area contributed by atoms with Crippen molar-refractivity contribution in [2.75, 3.05) is 13.1 Å². The molecule has 0 aliphatic rings. The molecular formula is C13H17N3. The minimum absolute atomic E-state index is 0.745. The van der Waals surface area contributed by atoms with Crippen molar-refractivity contribution >= 4 is 10.9 Å². The molecule has 84 valence electrons. The summed E-state index contributed by atoms with van der Waals surface area (Å²) in [6.45, 7) is 2.61. The first kappa shape index (κ1) is 11.0. The molecule has 0 aliphatic carbocycles. The summed E-state index contributed by atoms with van der Waals surface area (Å²) in [7, 11) is 0. The van der Waals surface area contributed by atoms with Gasteiger partial charge in [0, 0.05) is 18.1 Å². The van der Waals surface area contributed by atoms with E-state index in [2.05, 4.69) is 34.6 Å². The number of benzene rings is 1. The van der Waals surface area contributed by atoms with Crippen molar-refractivity contribution in [3.05, 3.63) is 42.1 Å². The number of nitrogens with one attached hydrogen (secondary N) is 1. The number of nitrogens with two attached hydrogens (primary N) is 1. The highest BCUT2D eigenvalue weighted by Crippen LogP contribution is 2.12. The van der Waals surface area contributed by atoms with E-state index in [0.717, 1.165) is 31.6 Å². The smallest absolute Gasteiger partial charge is 0.0702 e. The molecule has 0 saturated heterocycles. The summed E-state index contributed by atoms with van der Waals surface area (Å²) in [5.74, 6) is 0. The third-order valence-corrected chi connectivity index (χ3v) is 2.55. The lowest BCUT2D eigenvalue weighted by Crippen LogP contribution is -2.17. The highest BCUT2D eigenvalue weighted by molar-refractivity contribution is 5.78. The van der Waals surface area contributed by atoms with Crippen LogP contribution in [0.2, 0.25) is 0 Å². The van der Waals surface area contributed by atoms with E-state index in [1.807, 2.05) is 12.3 Å². The number of hydrogen-bond acceptors (Lipinski definition) is 3. The zero-order chi connectivity index (χ0) is 11.2. The number of rotatable bonds is 5. The van der Waals surface area contributed by atoms with Gasteiger partial charge in [-0.15, -0.1) is 0 Å². The maximum Gasteiger partial charge on any atom is 0.0702 e. The van der Waals surface area contributed by atoms with E-state index in [9.17, 15) is 0 Å². The third kappa shape index (κ3) is 2.78. The molecule has 0 aliphatic heterocycles. The number of pyridine rings is 1. The average molecular weight is 215 g/mol. The Bertz CT molecular complexity index is 454. The first-order chi connectivity index (χ1) is 7.90. The molecule has 2 aromatic rings. The van der Waals surface area contributed by atoms with Crippen LogP contribution in [0, 0.1) is 0 Å². The summed E-state index contributed by atoms with van der Waals surface area (Å²) >= 11 is 0. The lowest BCUT2D eigenvalue weighted by Gasteiger charge is -2.05. The molecule has 0 amide bonds. The van der Waals surface area contributed by atoms with Gasteiger partial charge < -0.3 is 11.1 Å². The van der Waals surface area contributed by atoms with Crippen LogP contribution in [-0.2, 0) is 6.54 Å². The molecule has 1 aromatic carbocycles. The SMILES string of the molecule is NCCCNCc1ccc2ncccc2c1. The van der Waals surface area contributed by atoms with Gasteiger partial charge in [-0.1, -0.05) is 12.1 Å². The quantitative estimate of drug-likeness (QED) is 0.746. The highest BCUT2D eigenvalue weighted by atomic mass is 14.8. The second kappa shape index (κ2) is 5.58. The van der Waals surface area contributed by atoms with Gasteiger partial charge in [-0.05, 0) is 43.3 Å². The molecule has 1 heterocycles. The Kier molecular flexibility index (Phi) is 3.86. The molecule has 0 radical (unpaired) electrons. The molecule has 3 nitrogen and oxygen atoms in total. The second-order valence-electron chi connectivity index (χ2n) is 3.85. The largest absolute Gasteiger partial charge is 0.330 e. The Labute approximate surface area is 95.7 Å². The topological polar surface area (TPSA) is 50.9 Å². The van der Waals surface area contributed by atoms with E-state index in [0.29, 0.717) is 0 Å². The average Bonchev–Trinajstić information content (AvgIpc) is 2.34. The van der Waals surface area contributed by atoms with Gasteiger partial charge in [0.1, 0.15) is 0 Å². The minimum atomic E-state index is 0.745. The van der Waals surface area contributed by atoms with Gasteiger partial charge in [0.2, 0.25) is 0 Å². The third-order valence-electron chi connectivity index (χ3n) is 2.55. The van der Waals surface area contributed by atoms with E-state index >= 15 is 0 Å². The van der Waals surface area contributed by atoms with Gasteiger partial charge in [-0.2, -0.15) is 0 Å². The van der Waals surface area contributed by atoms with Crippen LogP contribution in [0.4, 0.5) is 0 Å². The van der Waals surface area contributed by atoms with Gasteiger partial charge in [-0.3, -0.25) is 4.98 Å². The molecule has 1 aromatic heterocycles. The molecule has 0 bridgehead atoms. The standard InChI is InChI=1S/C13H17N3/c14-6-2-7-15-10-11-4-5-13-12(9-11)3-1-8-16-13/h1,3-5,8-9,15H,2,6-7,10,14H2. The number of nitrogens with zero attached hydrogens (tertiary/aromatic N) is 1. The van der Waals surface area contributed by atoms with Gasteiger partial charge >= 0.3 is 0 Å². The van der Waals surface area contributed by atoms with Crippen molar-refractivity contribution in [1.29, 1.82) is 0 Å². The Morgan fingerprint density at radius 2 is 2.19 bits per heavy atom. The van der Waals surface area contributed by atoms with Crippen molar-refractivity contribution in [2.45, 2.75) is 13.0 Å². The minimum Gasteiger partial charge on any atom is -0.330 e. The zero-order valence-corrected chi connectivity index (χ0v) is 9.32. The monoisotopic (exact) mass is 215 g/mol. The number of hydrogen-bond donors (Lipinski definition) is 2. The molecule has 0 fully saturated rings. The van der Waals surface area contributed by atoms with E-state index in [-0.39, 0.29) is 0 Å². The van der Waals surface area contributed by atoms with Gasteiger partial charge in [-0.25, -0.2) is 0 Å². The number of fused-ring (bicyclic) bond motifs is 1. The molecule has 0 spiro atoms. The van der Waals surface area contributed by atoms with E-state index < -0.39 is 0 Å². The Morgan fingerprint density at radius 3 is 3.06 bits per heavy atom. The maximum absolute atomic E-state index is 5.43. The van der Waals surface area contributed by atoms with Gasteiger partial charge in [0.15, 0.2) is 0 Å². The Hall–Kier alpha value is -1.45. The predicted octanol–water partition coefficient (Wildman–Crippen LogP) is 1.67. The Morgan fingerprint density at radius 1 is 1.25 bits per heavy atom. The van der Waals surface area contributed by atoms with Crippen LogP contribution in [-0.4, -0.2) is 18.1 Å². The van der Waals surface area contributed by atoms with Crippen LogP contribution in [0.25, 0.3) is 10.9 Å². The van der Waals surface area contributed by atoms with Crippen LogP contribution in [0.1, 0.15) is 12.0 Å². The van der Waals surface area contributed by atoms with Crippen LogP contribution in [0.3, 0.4) is 0 Å². The van der Waals surface area contributed by atoms with Crippen molar-refractivity contribution in [1.82, 2.24) is 10.3 Å². The first-order valence-electron chi connectivity index (χ1n) is 5.64. The van der Waals surface area contributed by atoms with Gasteiger partial charge in [0.25, 0.3) is 0 Å². The fraction of sp³-hybridized carbons (Fsp3) is 0.308. The molecule has 3 N–H and O–H groups in total. The summed E-state index contributed by atoms with van der Waals surface area (Å²) in [6, 6.07) is 10.4. The first-order valence-corrected chi connectivity index (χ1v) is 5.64. The highest BCUT2D eigenvalue weighted by Gasteiger charge is 1.96. The summed E-state index contributed by atoms with van der Waals surface area (Å²) in [4.78, 5) is 4.30. The Balaban J connectivity index is 2.02. The zero-order valence-electron chi connectivity index (χ0n) is 9.32. The number of aromatic nitrogens is 1. The summed E-state index contributed by atoms with van der Waals surface area (Å²) < 4.78 is 0. The normalized spacial score (nSPS) is 10.8. The molecular weight excluding hydrogens is 198 g/mol. The summed E-state index contributed by atoms with van der Waals surface area (Å²) in [6.07, 6.45) is 2.84. The van der Waals surface area contributed by atoms with Crippen LogP contribution >= 0.6 is 0 Å². The van der Waals surface area contributed by atoms with Crippen molar-refractivity contribution in [3.63, 3.8) is 0 Å². The molecule has 16 heavy (non-hydrogen) atoms. The summed E-state index contributed by atoms with van der Waals surface area (Å²) in [5, 5.41) is 4.56. The van der Waals surface area contributed by atoms with E-state index in [1.54, 1.807) is 0 Å². The predicted molar refractivity (Wildman–Crippen MR) is 67.1 cm³/mol. The van der Waals surface area contributed by atoms with Crippen molar-refractivity contribution < 1.29 is 0 Å². The molecule has 3 heteroatoms. The lowest BCUT2D eigenvalue weighted by atomic mass is 10.1. The fourth-order valence-electron chi connectivity index (χ4n) is 1.69. The summed E-state index contributed by atoms with van der Waals surface area (Å²) in [5.41, 5.74) is 7.77. The molecule has 0 atom stereocenters. The van der Waals surface area contributed by atoms with Crippen molar-refractivity contribution in [3.8, 4) is 0 Å². The van der Waals surface area contributed by atoms with Crippen LogP contribution < -0.4 is 11.1 Å². The van der Waals surface area contributed by atoms with Crippen molar-refractivity contribution in [2.24, 2.45) is 5.73 Å². The molecule has 0 saturated carbocycles. The van der Waals surface area contributed by atoms with E-state index in [4.69, 9.17) is 5.73 Å². The molecule has 2 rings (SSSR count). The molecule has 0 unspecified atom stereocenters. The van der Waals surface area contributed by atoms with E-state index in [1.165, 1.54) is 10.9 Å². The van der Waals surface area contributed by atoms with Gasteiger partial charge in [0.05, 0.1) is 5.52 Å². The lowest BCUT2D eigenvalue weighted by molar-refractivity contribution is 0.656. The second-order valence-corrected chi connectivity index (χ2v) is 3.85. The maximum atomic E-state index is 5.43. The van der Waals surface area contributed by atoms with Crippen LogP contribution in [0.15, 0.2) is 36.5 Å².